The molecule has 0 unspecified atom stereocenters. The lowest BCUT2D eigenvalue weighted by Gasteiger charge is -2.29. The van der Waals surface area contributed by atoms with Gasteiger partial charge in [0, 0.05) is 12.5 Å². The van der Waals surface area contributed by atoms with Crippen LogP contribution in [0.1, 0.15) is 11.1 Å². The van der Waals surface area contributed by atoms with Crippen LogP contribution in [0.15, 0.2) is 48.5 Å². The second-order valence-electron chi connectivity index (χ2n) is 6.68. The molecule has 4 N–H and O–H groups in total. The van der Waals surface area contributed by atoms with E-state index in [-0.39, 0.29) is 22.8 Å². The number of hydrogen-bond acceptors (Lipinski definition) is 9. The Morgan fingerprint density at radius 1 is 1.06 bits per heavy atom. The summed E-state index contributed by atoms with van der Waals surface area (Å²) in [5, 5.41) is 39.4. The van der Waals surface area contributed by atoms with Crippen molar-refractivity contribution in [3.63, 3.8) is 0 Å². The van der Waals surface area contributed by atoms with Crippen molar-refractivity contribution in [3.05, 3.63) is 59.7 Å². The number of carboxylic acids is 1. The van der Waals surface area contributed by atoms with E-state index < -0.39 is 36.0 Å². The highest BCUT2D eigenvalue weighted by atomic mass is 16.6. The summed E-state index contributed by atoms with van der Waals surface area (Å²) in [6.45, 7) is 0. The largest absolute Gasteiger partial charge is 0.508 e. The summed E-state index contributed by atoms with van der Waals surface area (Å²) >= 11 is 0. The molecule has 0 aliphatic carbocycles. The van der Waals surface area contributed by atoms with Gasteiger partial charge in [-0.1, -0.05) is 18.2 Å². The fourth-order valence-electron chi connectivity index (χ4n) is 2.77. The number of rotatable bonds is 9. The highest BCUT2D eigenvalue weighted by Crippen LogP contribution is 2.27. The molecule has 32 heavy (non-hydrogen) atoms. The quantitative estimate of drug-likeness (QED) is 0.326. The Hall–Kier alpha value is -4.05. The van der Waals surface area contributed by atoms with Gasteiger partial charge in [-0.2, -0.15) is 0 Å². The number of phenolic OH excluding ortho intramolecular Hbond substituents is 2. The van der Waals surface area contributed by atoms with E-state index in [1.807, 2.05) is 0 Å². The maximum Gasteiger partial charge on any atom is 0.350 e. The molecule has 2 atom stereocenters. The minimum Gasteiger partial charge on any atom is -0.508 e. The Labute approximate surface area is 182 Å². The third kappa shape index (κ3) is 5.76. The van der Waals surface area contributed by atoms with Crippen LogP contribution < -0.4 is 4.74 Å². The van der Waals surface area contributed by atoms with E-state index in [0.29, 0.717) is 5.56 Å². The SMILES string of the molecule is COC(=O)[C@@H](OC(=O)C=Cc1ccc(O)c(OC)c1)[C@](O)(Cc1ccc(O)cc1)C(=O)O. The van der Waals surface area contributed by atoms with Crippen LogP contribution in [0.2, 0.25) is 0 Å². The number of carbonyl (C=O) groups excluding carboxylic acids is 2. The number of hydrogen-bond donors (Lipinski definition) is 4. The predicted molar refractivity (Wildman–Crippen MR) is 110 cm³/mol. The Bertz CT molecular complexity index is 1010. The van der Waals surface area contributed by atoms with Crippen molar-refractivity contribution in [3.8, 4) is 17.2 Å². The standard InChI is InChI=1S/C22H22O10/c1-30-17-11-13(5-9-16(17)24)6-10-18(25)32-19(20(26)31-2)22(29,21(27)28)12-14-3-7-15(23)8-4-14/h3-11,19,23-24,29H,12H2,1-2H3,(H,27,28)/t19-,22-/m1/s1. The molecule has 170 valence electrons. The van der Waals surface area contributed by atoms with E-state index in [0.717, 1.165) is 13.2 Å². The lowest BCUT2D eigenvalue weighted by atomic mass is 9.88. The van der Waals surface area contributed by atoms with Gasteiger partial charge < -0.3 is 34.6 Å². The minimum atomic E-state index is -2.85. The maximum absolute atomic E-state index is 12.3. The number of ether oxygens (including phenoxy) is 3. The number of esters is 2. The second kappa shape index (κ2) is 10.3. The van der Waals surface area contributed by atoms with E-state index in [1.54, 1.807) is 0 Å². The number of aliphatic hydroxyl groups is 1. The van der Waals surface area contributed by atoms with Gasteiger partial charge in [-0.3, -0.25) is 0 Å². The van der Waals surface area contributed by atoms with Crippen LogP contribution in [0.3, 0.4) is 0 Å². The molecule has 2 rings (SSSR count). The minimum absolute atomic E-state index is 0.0837. The molecular weight excluding hydrogens is 424 g/mol. The molecule has 0 aromatic heterocycles. The van der Waals surface area contributed by atoms with Crippen molar-refractivity contribution < 1.29 is 49.0 Å². The molecule has 2 aromatic carbocycles. The Morgan fingerprint density at radius 2 is 1.72 bits per heavy atom. The average molecular weight is 446 g/mol. The van der Waals surface area contributed by atoms with Crippen molar-refractivity contribution in [2.45, 2.75) is 18.1 Å². The van der Waals surface area contributed by atoms with E-state index in [1.165, 1.54) is 55.7 Å². The van der Waals surface area contributed by atoms with Crippen LogP contribution in [0.4, 0.5) is 0 Å². The van der Waals surface area contributed by atoms with Crippen LogP contribution in [0, 0.1) is 0 Å². The van der Waals surface area contributed by atoms with Gasteiger partial charge in [0.25, 0.3) is 0 Å². The number of aromatic hydroxyl groups is 2. The van der Waals surface area contributed by atoms with Crippen molar-refractivity contribution >= 4 is 24.0 Å². The Kier molecular flexibility index (Phi) is 7.81. The number of methoxy groups -OCH3 is 2. The summed E-state index contributed by atoms with van der Waals surface area (Å²) in [6, 6.07) is 9.46. The fraction of sp³-hybridized carbons (Fsp3) is 0.227. The summed E-state index contributed by atoms with van der Waals surface area (Å²) in [4.78, 5) is 36.4. The van der Waals surface area contributed by atoms with Gasteiger partial charge in [-0.25, -0.2) is 14.4 Å². The molecule has 0 amide bonds. The van der Waals surface area contributed by atoms with Gasteiger partial charge in [-0.15, -0.1) is 0 Å². The van der Waals surface area contributed by atoms with E-state index >= 15 is 0 Å². The molecule has 0 spiro atoms. The normalized spacial score (nSPS) is 13.7. The van der Waals surface area contributed by atoms with Crippen molar-refractivity contribution in [1.82, 2.24) is 0 Å². The maximum atomic E-state index is 12.3. The summed E-state index contributed by atoms with van der Waals surface area (Å²) in [6.07, 6.45) is -0.623. The molecule has 0 bridgehead atoms. The van der Waals surface area contributed by atoms with Gasteiger partial charge in [0.05, 0.1) is 14.2 Å². The lowest BCUT2D eigenvalue weighted by Crippen LogP contribution is -2.57. The van der Waals surface area contributed by atoms with E-state index in [2.05, 4.69) is 4.74 Å². The third-order valence-corrected chi connectivity index (χ3v) is 4.48. The van der Waals surface area contributed by atoms with Crippen LogP contribution in [-0.4, -0.2) is 64.3 Å². The van der Waals surface area contributed by atoms with Crippen LogP contribution >= 0.6 is 0 Å². The topological polar surface area (TPSA) is 160 Å². The first kappa shape index (κ1) is 24.2. The molecule has 0 fully saturated rings. The Morgan fingerprint density at radius 3 is 2.28 bits per heavy atom. The van der Waals surface area contributed by atoms with E-state index in [9.17, 15) is 34.8 Å². The zero-order valence-corrected chi connectivity index (χ0v) is 17.2. The second-order valence-corrected chi connectivity index (χ2v) is 6.68. The summed E-state index contributed by atoms with van der Waals surface area (Å²) in [7, 11) is 2.29. The van der Waals surface area contributed by atoms with Crippen molar-refractivity contribution in [1.29, 1.82) is 0 Å². The molecule has 0 saturated carbocycles. The van der Waals surface area contributed by atoms with Crippen molar-refractivity contribution in [2.75, 3.05) is 14.2 Å². The molecular formula is C22H22O10. The van der Waals surface area contributed by atoms with Gasteiger partial charge in [0.1, 0.15) is 5.75 Å². The molecule has 2 aromatic rings. The third-order valence-electron chi connectivity index (χ3n) is 4.48. The first-order valence-electron chi connectivity index (χ1n) is 9.18. The van der Waals surface area contributed by atoms with Crippen molar-refractivity contribution in [2.24, 2.45) is 0 Å². The monoisotopic (exact) mass is 446 g/mol. The Balaban J connectivity index is 2.28. The lowest BCUT2D eigenvalue weighted by molar-refractivity contribution is -0.193. The first-order chi connectivity index (χ1) is 15.1. The summed E-state index contributed by atoms with van der Waals surface area (Å²) in [5.41, 5.74) is -2.16. The molecule has 0 aliphatic rings. The smallest absolute Gasteiger partial charge is 0.350 e. The highest BCUT2D eigenvalue weighted by Gasteiger charge is 2.51. The number of carboxylic acid groups (broad SMARTS) is 1. The summed E-state index contributed by atoms with van der Waals surface area (Å²) < 4.78 is 14.5. The summed E-state index contributed by atoms with van der Waals surface area (Å²) in [5.74, 6) is -4.26. The number of carbonyl (C=O) groups is 3. The van der Waals surface area contributed by atoms with Gasteiger partial charge in [-0.05, 0) is 41.5 Å². The molecule has 0 radical (unpaired) electrons. The van der Waals surface area contributed by atoms with Gasteiger partial charge in [0.15, 0.2) is 11.5 Å². The zero-order valence-electron chi connectivity index (χ0n) is 17.2. The van der Waals surface area contributed by atoms with Gasteiger partial charge in [0.2, 0.25) is 11.7 Å². The first-order valence-corrected chi connectivity index (χ1v) is 9.18. The molecule has 10 heteroatoms. The van der Waals surface area contributed by atoms with E-state index in [4.69, 9.17) is 9.47 Å². The number of benzene rings is 2. The fourth-order valence-corrected chi connectivity index (χ4v) is 2.77. The average Bonchev–Trinajstić information content (AvgIpc) is 2.77. The molecule has 0 aliphatic heterocycles. The molecule has 10 nitrogen and oxygen atoms in total. The molecule has 0 heterocycles. The number of aliphatic carboxylic acids is 1. The molecule has 0 saturated heterocycles. The van der Waals surface area contributed by atoms with Gasteiger partial charge >= 0.3 is 17.9 Å². The van der Waals surface area contributed by atoms with Crippen LogP contribution in [0.5, 0.6) is 17.2 Å². The zero-order chi connectivity index (χ0) is 23.9. The predicted octanol–water partition coefficient (Wildman–Crippen LogP) is 1.26. The van der Waals surface area contributed by atoms with Crippen LogP contribution in [0.25, 0.3) is 6.08 Å². The van der Waals surface area contributed by atoms with Crippen LogP contribution in [-0.2, 0) is 30.3 Å². The number of phenols is 2. The highest BCUT2D eigenvalue weighted by molar-refractivity contribution is 5.93.